The Hall–Kier alpha value is -1.14. The first-order valence-corrected chi connectivity index (χ1v) is 6.69. The van der Waals surface area contributed by atoms with Gasteiger partial charge in [-0.2, -0.15) is 4.37 Å². The number of nitrogens with one attached hydrogen (secondary N) is 1. The van der Waals surface area contributed by atoms with E-state index in [1.54, 1.807) is 14.0 Å². The Morgan fingerprint density at radius 3 is 3.00 bits per heavy atom. The lowest BCUT2D eigenvalue weighted by molar-refractivity contribution is -0.115. The van der Waals surface area contributed by atoms with E-state index in [-0.39, 0.29) is 10.7 Å². The lowest BCUT2D eigenvalue weighted by atomic mass is 10.2. The minimum atomic E-state index is -0.222. The molecule has 90 valence electrons. The molecule has 17 heavy (non-hydrogen) atoms. The predicted octanol–water partition coefficient (Wildman–Crippen LogP) is 3.03. The van der Waals surface area contributed by atoms with Gasteiger partial charge >= 0.3 is 0 Å². The zero-order chi connectivity index (χ0) is 12.4. The molecule has 2 rings (SSSR count). The number of fused-ring (bicyclic) bond motifs is 1. The highest BCUT2D eigenvalue weighted by atomic mass is 79.9. The van der Waals surface area contributed by atoms with Crippen molar-refractivity contribution in [3.05, 3.63) is 18.2 Å². The average molecular weight is 315 g/mol. The van der Waals surface area contributed by atoms with Crippen LogP contribution in [0.3, 0.4) is 0 Å². The Balaban J connectivity index is 2.33. The monoisotopic (exact) mass is 314 g/mol. The summed E-state index contributed by atoms with van der Waals surface area (Å²) in [5, 5.41) is 3.72. The first-order valence-electron chi connectivity index (χ1n) is 5.00. The SMILES string of the molecule is COc1nsc2ccc(NC(=O)C(C)Br)cc12. The Morgan fingerprint density at radius 2 is 2.35 bits per heavy atom. The molecule has 0 spiro atoms. The van der Waals surface area contributed by atoms with Crippen LogP contribution in [-0.4, -0.2) is 22.2 Å². The maximum atomic E-state index is 11.5. The average Bonchev–Trinajstić information content (AvgIpc) is 2.71. The highest BCUT2D eigenvalue weighted by Crippen LogP contribution is 2.30. The van der Waals surface area contributed by atoms with Crippen LogP contribution in [0.2, 0.25) is 0 Å². The second-order valence-electron chi connectivity index (χ2n) is 3.51. The van der Waals surface area contributed by atoms with E-state index < -0.39 is 0 Å². The lowest BCUT2D eigenvalue weighted by Gasteiger charge is -2.06. The molecule has 0 saturated carbocycles. The third-order valence-corrected chi connectivity index (χ3v) is 3.48. The number of carbonyl (C=O) groups is 1. The lowest BCUT2D eigenvalue weighted by Crippen LogP contribution is -2.19. The Kier molecular flexibility index (Phi) is 3.63. The number of anilines is 1. The minimum absolute atomic E-state index is 0.0773. The summed E-state index contributed by atoms with van der Waals surface area (Å²) in [7, 11) is 1.58. The van der Waals surface area contributed by atoms with E-state index in [9.17, 15) is 4.79 Å². The van der Waals surface area contributed by atoms with Gasteiger partial charge < -0.3 is 10.1 Å². The smallest absolute Gasteiger partial charge is 0.237 e. The number of hydrogen-bond acceptors (Lipinski definition) is 4. The van der Waals surface area contributed by atoms with Crippen molar-refractivity contribution in [2.24, 2.45) is 0 Å². The van der Waals surface area contributed by atoms with Gasteiger partial charge in [0.1, 0.15) is 0 Å². The number of aromatic nitrogens is 1. The summed E-state index contributed by atoms with van der Waals surface area (Å²) in [6, 6.07) is 5.64. The number of nitrogens with zero attached hydrogens (tertiary/aromatic N) is 1. The van der Waals surface area contributed by atoms with Gasteiger partial charge in [-0.15, -0.1) is 0 Å². The van der Waals surface area contributed by atoms with Crippen LogP contribution in [0, 0.1) is 0 Å². The molecule has 1 atom stereocenters. The molecule has 0 aliphatic heterocycles. The maximum Gasteiger partial charge on any atom is 0.237 e. The summed E-state index contributed by atoms with van der Waals surface area (Å²) in [5.74, 6) is 0.513. The number of hydrogen-bond donors (Lipinski definition) is 1. The highest BCUT2D eigenvalue weighted by Gasteiger charge is 2.11. The fraction of sp³-hybridized carbons (Fsp3) is 0.273. The molecule has 1 aromatic heterocycles. The van der Waals surface area contributed by atoms with Gasteiger partial charge in [-0.05, 0) is 36.7 Å². The minimum Gasteiger partial charge on any atom is -0.480 e. The van der Waals surface area contributed by atoms with Crippen LogP contribution in [0.15, 0.2) is 18.2 Å². The molecular weight excluding hydrogens is 304 g/mol. The third-order valence-electron chi connectivity index (χ3n) is 2.26. The van der Waals surface area contributed by atoms with Crippen LogP contribution in [-0.2, 0) is 4.79 Å². The molecule has 4 nitrogen and oxygen atoms in total. The van der Waals surface area contributed by atoms with E-state index in [0.29, 0.717) is 5.88 Å². The molecule has 1 amide bonds. The van der Waals surface area contributed by atoms with Crippen molar-refractivity contribution in [1.82, 2.24) is 4.37 Å². The van der Waals surface area contributed by atoms with Crippen molar-refractivity contribution in [2.75, 3.05) is 12.4 Å². The van der Waals surface area contributed by atoms with Crippen molar-refractivity contribution < 1.29 is 9.53 Å². The second kappa shape index (κ2) is 5.01. The molecule has 1 unspecified atom stereocenters. The number of alkyl halides is 1. The van der Waals surface area contributed by atoms with E-state index in [1.165, 1.54) is 11.5 Å². The first-order chi connectivity index (χ1) is 8.11. The molecule has 1 N–H and O–H groups in total. The van der Waals surface area contributed by atoms with Gasteiger partial charge in [-0.1, -0.05) is 15.9 Å². The second-order valence-corrected chi connectivity index (χ2v) is 5.69. The van der Waals surface area contributed by atoms with Crippen LogP contribution in [0.1, 0.15) is 6.92 Å². The van der Waals surface area contributed by atoms with Gasteiger partial charge in [-0.3, -0.25) is 4.79 Å². The van der Waals surface area contributed by atoms with E-state index in [4.69, 9.17) is 4.74 Å². The van der Waals surface area contributed by atoms with Crippen molar-refractivity contribution in [3.63, 3.8) is 0 Å². The number of amides is 1. The largest absolute Gasteiger partial charge is 0.480 e. The quantitative estimate of drug-likeness (QED) is 0.886. The molecular formula is C11H11BrN2O2S. The summed E-state index contributed by atoms with van der Waals surface area (Å²) in [6.45, 7) is 1.78. The summed E-state index contributed by atoms with van der Waals surface area (Å²) < 4.78 is 10.4. The van der Waals surface area contributed by atoms with E-state index >= 15 is 0 Å². The molecule has 0 aliphatic rings. The summed E-state index contributed by atoms with van der Waals surface area (Å²) in [6.07, 6.45) is 0. The molecule has 0 aliphatic carbocycles. The van der Waals surface area contributed by atoms with Crippen LogP contribution >= 0.6 is 27.5 Å². The summed E-state index contributed by atoms with van der Waals surface area (Å²) in [4.78, 5) is 11.3. The topological polar surface area (TPSA) is 51.2 Å². The van der Waals surface area contributed by atoms with Gasteiger partial charge in [0, 0.05) is 5.69 Å². The van der Waals surface area contributed by atoms with Crippen LogP contribution in [0.4, 0.5) is 5.69 Å². The van der Waals surface area contributed by atoms with Gasteiger partial charge in [0.15, 0.2) is 0 Å². The van der Waals surface area contributed by atoms with Gasteiger partial charge in [-0.25, -0.2) is 0 Å². The number of rotatable bonds is 3. The number of halogens is 1. The highest BCUT2D eigenvalue weighted by molar-refractivity contribution is 9.10. The number of ether oxygens (including phenoxy) is 1. The van der Waals surface area contributed by atoms with E-state index in [1.807, 2.05) is 18.2 Å². The third kappa shape index (κ3) is 2.58. The standard InChI is InChI=1S/C11H11BrN2O2S/c1-6(12)10(15)13-7-3-4-9-8(5-7)11(16-2)14-17-9/h3-6H,1-2H3,(H,13,15). The first kappa shape index (κ1) is 12.3. The van der Waals surface area contributed by atoms with Crippen molar-refractivity contribution in [3.8, 4) is 5.88 Å². The number of carbonyl (C=O) groups excluding carboxylic acids is 1. The fourth-order valence-corrected chi connectivity index (χ4v) is 2.23. The molecule has 1 heterocycles. The molecule has 0 saturated heterocycles. The number of methoxy groups -OCH3 is 1. The number of benzene rings is 1. The summed E-state index contributed by atoms with van der Waals surface area (Å²) in [5.41, 5.74) is 0.743. The molecule has 0 bridgehead atoms. The van der Waals surface area contributed by atoms with Crippen molar-refractivity contribution in [1.29, 1.82) is 0 Å². The normalized spacial score (nSPS) is 12.4. The van der Waals surface area contributed by atoms with Gasteiger partial charge in [0.05, 0.1) is 22.0 Å². The predicted molar refractivity (Wildman–Crippen MR) is 73.2 cm³/mol. The van der Waals surface area contributed by atoms with Crippen molar-refractivity contribution in [2.45, 2.75) is 11.8 Å². The molecule has 1 aromatic carbocycles. The molecule has 2 aromatic rings. The Labute approximate surface area is 111 Å². The maximum absolute atomic E-state index is 11.5. The van der Waals surface area contributed by atoms with Gasteiger partial charge in [0.2, 0.25) is 11.8 Å². The zero-order valence-electron chi connectivity index (χ0n) is 9.36. The van der Waals surface area contributed by atoms with E-state index in [2.05, 4.69) is 25.6 Å². The molecule has 0 fully saturated rings. The zero-order valence-corrected chi connectivity index (χ0v) is 11.8. The Bertz CT molecular complexity index is 553. The fourth-order valence-electron chi connectivity index (χ4n) is 1.38. The summed E-state index contributed by atoms with van der Waals surface area (Å²) >= 11 is 4.60. The molecule has 6 heteroatoms. The van der Waals surface area contributed by atoms with Crippen molar-refractivity contribution >= 4 is 49.1 Å². The van der Waals surface area contributed by atoms with Crippen LogP contribution in [0.5, 0.6) is 5.88 Å². The Morgan fingerprint density at radius 1 is 1.59 bits per heavy atom. The van der Waals surface area contributed by atoms with E-state index in [0.717, 1.165) is 15.8 Å². The van der Waals surface area contributed by atoms with Crippen LogP contribution < -0.4 is 10.1 Å². The molecule has 0 radical (unpaired) electrons. The van der Waals surface area contributed by atoms with Gasteiger partial charge in [0.25, 0.3) is 0 Å². The van der Waals surface area contributed by atoms with Crippen LogP contribution in [0.25, 0.3) is 10.1 Å².